The molecule has 0 saturated carbocycles. The number of ether oxygens (including phenoxy) is 1. The first-order valence-electron chi connectivity index (χ1n) is 7.62. The van der Waals surface area contributed by atoms with Gasteiger partial charge in [0.15, 0.2) is 5.65 Å². The topological polar surface area (TPSA) is 90.5 Å². The number of methoxy groups -OCH3 is 1. The van der Waals surface area contributed by atoms with Crippen LogP contribution in [0.2, 0.25) is 5.02 Å². The van der Waals surface area contributed by atoms with Gasteiger partial charge in [-0.05, 0) is 24.6 Å². The molecule has 0 aliphatic carbocycles. The van der Waals surface area contributed by atoms with Crippen molar-refractivity contribution in [1.29, 1.82) is 0 Å². The molecule has 2 aromatic heterocycles. The Hall–Kier alpha value is -2.94. The fraction of sp³-hybridized carbons (Fsp3) is 0.250. The van der Waals surface area contributed by atoms with Crippen LogP contribution >= 0.6 is 11.6 Å². The Morgan fingerprint density at radius 3 is 2.92 bits per heavy atom. The Kier molecular flexibility index (Phi) is 4.90. The molecule has 0 bridgehead atoms. The Morgan fingerprint density at radius 2 is 2.23 bits per heavy atom. The van der Waals surface area contributed by atoms with Gasteiger partial charge in [0.1, 0.15) is 12.4 Å². The Balaban J connectivity index is 1.75. The minimum Gasteiger partial charge on any atom is -0.480 e. The number of carbonyl (C=O) groups excluding carboxylic acids is 1. The maximum atomic E-state index is 13.5. The van der Waals surface area contributed by atoms with Gasteiger partial charge in [-0.3, -0.25) is 4.79 Å². The van der Waals surface area contributed by atoms with E-state index in [1.807, 2.05) is 0 Å². The average Bonchev–Trinajstić information content (AvgIpc) is 2.92. The molecule has 8 nitrogen and oxygen atoms in total. The molecule has 0 unspecified atom stereocenters. The zero-order valence-electron chi connectivity index (χ0n) is 13.9. The Labute approximate surface area is 152 Å². The number of fused-ring (bicyclic) bond motifs is 1. The van der Waals surface area contributed by atoms with Gasteiger partial charge in [0.25, 0.3) is 0 Å². The molecule has 0 saturated heterocycles. The molecular formula is C16H15ClFN5O3. The van der Waals surface area contributed by atoms with Gasteiger partial charge in [0.05, 0.1) is 30.6 Å². The van der Waals surface area contributed by atoms with Crippen LogP contribution in [0, 0.1) is 5.82 Å². The summed E-state index contributed by atoms with van der Waals surface area (Å²) in [6.07, 6.45) is 2.76. The standard InChI is InChI=1S/C16H15ClFN5O3/c1-9(10-3-4-11(17)12(18)5-10)20-14(24)7-23-16(25)22-8-15(26-2)19-6-13(22)21-23/h3-6,8-9H,7H2,1-2H3,(H,20,24)/t9-/m0/s1. The fourth-order valence-electron chi connectivity index (χ4n) is 2.41. The van der Waals surface area contributed by atoms with Gasteiger partial charge < -0.3 is 10.1 Å². The second-order valence-corrected chi connectivity index (χ2v) is 5.97. The van der Waals surface area contributed by atoms with Crippen LogP contribution in [0.4, 0.5) is 4.39 Å². The van der Waals surface area contributed by atoms with Crippen LogP contribution < -0.4 is 15.7 Å². The van der Waals surface area contributed by atoms with Crippen LogP contribution in [-0.4, -0.2) is 32.2 Å². The van der Waals surface area contributed by atoms with Gasteiger partial charge >= 0.3 is 5.69 Å². The van der Waals surface area contributed by atoms with E-state index in [9.17, 15) is 14.0 Å². The number of nitrogens with zero attached hydrogens (tertiary/aromatic N) is 4. The van der Waals surface area contributed by atoms with Crippen LogP contribution in [-0.2, 0) is 11.3 Å². The van der Waals surface area contributed by atoms with Crippen LogP contribution in [0.1, 0.15) is 18.5 Å². The highest BCUT2D eigenvalue weighted by atomic mass is 35.5. The summed E-state index contributed by atoms with van der Waals surface area (Å²) in [6.45, 7) is 1.41. The van der Waals surface area contributed by atoms with E-state index in [4.69, 9.17) is 16.3 Å². The largest absolute Gasteiger partial charge is 0.480 e. The van der Waals surface area contributed by atoms with Gasteiger partial charge in [-0.15, -0.1) is 5.10 Å². The minimum atomic E-state index is -0.566. The first-order chi connectivity index (χ1) is 12.4. The van der Waals surface area contributed by atoms with Crippen LogP contribution in [0.5, 0.6) is 5.88 Å². The first kappa shape index (κ1) is 17.9. The molecule has 1 aromatic carbocycles. The fourth-order valence-corrected chi connectivity index (χ4v) is 2.53. The summed E-state index contributed by atoms with van der Waals surface area (Å²) in [4.78, 5) is 28.5. The van der Waals surface area contributed by atoms with Crippen molar-refractivity contribution in [2.75, 3.05) is 7.11 Å². The van der Waals surface area contributed by atoms with E-state index in [1.54, 1.807) is 13.0 Å². The molecule has 0 aliphatic heterocycles. The third kappa shape index (κ3) is 3.52. The molecule has 3 aromatic rings. The molecular weight excluding hydrogens is 365 g/mol. The average molecular weight is 380 g/mol. The Morgan fingerprint density at radius 1 is 1.46 bits per heavy atom. The molecule has 2 heterocycles. The number of hydrogen-bond acceptors (Lipinski definition) is 5. The summed E-state index contributed by atoms with van der Waals surface area (Å²) >= 11 is 5.65. The highest BCUT2D eigenvalue weighted by molar-refractivity contribution is 6.30. The second kappa shape index (κ2) is 7.12. The summed E-state index contributed by atoms with van der Waals surface area (Å²) in [6, 6.07) is 3.82. The Bertz CT molecular complexity index is 1030. The lowest BCUT2D eigenvalue weighted by molar-refractivity contribution is -0.122. The number of benzene rings is 1. The van der Waals surface area contributed by atoms with E-state index in [2.05, 4.69) is 15.4 Å². The number of nitrogens with one attached hydrogen (secondary N) is 1. The SMILES string of the molecule is COc1cn2c(=O)n(CC(=O)N[C@@H](C)c3ccc(Cl)c(F)c3)nc2cn1. The lowest BCUT2D eigenvalue weighted by atomic mass is 10.1. The van der Waals surface area contributed by atoms with Crippen molar-refractivity contribution in [2.45, 2.75) is 19.5 Å². The monoisotopic (exact) mass is 379 g/mol. The van der Waals surface area contributed by atoms with E-state index in [1.165, 1.54) is 36.0 Å². The van der Waals surface area contributed by atoms with Crippen LogP contribution in [0.15, 0.2) is 35.4 Å². The van der Waals surface area contributed by atoms with Gasteiger partial charge in [-0.2, -0.15) is 0 Å². The molecule has 1 amide bonds. The van der Waals surface area contributed by atoms with Crippen molar-refractivity contribution in [2.24, 2.45) is 0 Å². The molecule has 0 spiro atoms. The number of halogens is 2. The lowest BCUT2D eigenvalue weighted by Crippen LogP contribution is -2.34. The van der Waals surface area contributed by atoms with Crippen molar-refractivity contribution in [3.05, 3.63) is 57.5 Å². The van der Waals surface area contributed by atoms with Crippen molar-refractivity contribution in [3.8, 4) is 5.88 Å². The molecule has 0 radical (unpaired) electrons. The molecule has 10 heteroatoms. The summed E-state index contributed by atoms with van der Waals surface area (Å²) < 4.78 is 20.7. The van der Waals surface area contributed by atoms with E-state index >= 15 is 0 Å². The molecule has 1 atom stereocenters. The molecule has 0 aliphatic rings. The van der Waals surface area contributed by atoms with E-state index in [0.29, 0.717) is 5.56 Å². The van der Waals surface area contributed by atoms with Crippen LogP contribution in [0.3, 0.4) is 0 Å². The summed E-state index contributed by atoms with van der Waals surface area (Å²) in [5.74, 6) is -0.761. The van der Waals surface area contributed by atoms with E-state index in [-0.39, 0.29) is 23.1 Å². The van der Waals surface area contributed by atoms with Crippen molar-refractivity contribution in [1.82, 2.24) is 24.5 Å². The van der Waals surface area contributed by atoms with E-state index in [0.717, 1.165) is 4.68 Å². The number of aromatic nitrogens is 4. The van der Waals surface area contributed by atoms with Gasteiger partial charge in [-0.1, -0.05) is 17.7 Å². The maximum Gasteiger partial charge on any atom is 0.351 e. The third-order valence-corrected chi connectivity index (χ3v) is 4.07. The lowest BCUT2D eigenvalue weighted by Gasteiger charge is -2.14. The highest BCUT2D eigenvalue weighted by Crippen LogP contribution is 2.20. The van der Waals surface area contributed by atoms with Gasteiger partial charge in [-0.25, -0.2) is 23.3 Å². The predicted octanol–water partition coefficient (Wildman–Crippen LogP) is 1.57. The number of rotatable bonds is 5. The number of amides is 1. The molecule has 1 N–H and O–H groups in total. The maximum absolute atomic E-state index is 13.5. The molecule has 0 fully saturated rings. The zero-order valence-corrected chi connectivity index (χ0v) is 14.7. The minimum absolute atomic E-state index is 0.00701. The summed E-state index contributed by atoms with van der Waals surface area (Å²) in [5, 5.41) is 6.74. The van der Waals surface area contributed by atoms with Crippen molar-refractivity contribution >= 4 is 23.2 Å². The number of carbonyl (C=O) groups is 1. The normalized spacial score (nSPS) is 12.2. The van der Waals surface area contributed by atoms with E-state index < -0.39 is 23.5 Å². The van der Waals surface area contributed by atoms with Crippen molar-refractivity contribution < 1.29 is 13.9 Å². The smallest absolute Gasteiger partial charge is 0.351 e. The summed E-state index contributed by atoms with van der Waals surface area (Å²) in [7, 11) is 1.43. The van der Waals surface area contributed by atoms with Gasteiger partial charge in [0.2, 0.25) is 11.8 Å². The highest BCUT2D eigenvalue weighted by Gasteiger charge is 2.15. The van der Waals surface area contributed by atoms with Gasteiger partial charge in [0, 0.05) is 0 Å². The first-order valence-corrected chi connectivity index (χ1v) is 8.00. The third-order valence-electron chi connectivity index (χ3n) is 3.77. The predicted molar refractivity (Wildman–Crippen MR) is 91.8 cm³/mol. The molecule has 3 rings (SSSR count). The number of hydrogen-bond donors (Lipinski definition) is 1. The van der Waals surface area contributed by atoms with Crippen LogP contribution in [0.25, 0.3) is 5.65 Å². The van der Waals surface area contributed by atoms with Crippen molar-refractivity contribution in [3.63, 3.8) is 0 Å². The molecule has 136 valence electrons. The quantitative estimate of drug-likeness (QED) is 0.726. The second-order valence-electron chi connectivity index (χ2n) is 5.56. The molecule has 26 heavy (non-hydrogen) atoms. The summed E-state index contributed by atoms with van der Waals surface area (Å²) in [5.41, 5.74) is 0.342. The zero-order chi connectivity index (χ0) is 18.8.